The highest BCUT2D eigenvalue weighted by Gasteiger charge is 2.33. The van der Waals surface area contributed by atoms with Gasteiger partial charge in [-0.3, -0.25) is 19.2 Å². The van der Waals surface area contributed by atoms with Crippen molar-refractivity contribution in [2.24, 2.45) is 0 Å². The van der Waals surface area contributed by atoms with Crippen LogP contribution in [-0.2, 0) is 16.1 Å². The van der Waals surface area contributed by atoms with Crippen LogP contribution in [0.15, 0.2) is 103 Å². The van der Waals surface area contributed by atoms with E-state index in [9.17, 15) is 19.2 Å². The fourth-order valence-electron chi connectivity index (χ4n) is 9.28. The molecular weight excluding hydrogens is 1040 g/mol. The number of amides is 4. The van der Waals surface area contributed by atoms with Crippen molar-refractivity contribution in [3.63, 3.8) is 0 Å². The van der Waals surface area contributed by atoms with Crippen LogP contribution in [0.3, 0.4) is 0 Å². The molecule has 2 aliphatic heterocycles. The molecule has 5 aromatic carbocycles. The highest BCUT2D eigenvalue weighted by molar-refractivity contribution is 6.42. The van der Waals surface area contributed by atoms with Crippen LogP contribution >= 0.6 is 58.0 Å². The molecule has 5 aromatic rings. The summed E-state index contributed by atoms with van der Waals surface area (Å²) in [5, 5.41) is 24.4. The van der Waals surface area contributed by atoms with Gasteiger partial charge in [0.05, 0.1) is 22.1 Å². The van der Waals surface area contributed by atoms with Crippen LogP contribution in [0, 0.1) is 0 Å². The SMILES string of the molecule is CC(C)NCC[C@@H]1N[C@H](CNC(=O)c2ccc(Cl)c(Cl)c2)CCN(Cc2cc(Cl)cc(Cl)c2)C1=O.CCC(CN1CC[C@@H](CNC(=O)c2ccc3cc(Cl)ccc3c2)N[C@@H](CCNC(C)C)C1=O)c1ccccc1. The zero-order valence-corrected chi connectivity index (χ0v) is 46.7. The predicted octanol–water partition coefficient (Wildman–Crippen LogP) is 10.5. The Morgan fingerprint density at radius 1 is 0.608 bits per heavy atom. The van der Waals surface area contributed by atoms with Gasteiger partial charge < -0.3 is 41.7 Å². The van der Waals surface area contributed by atoms with Gasteiger partial charge in [0.1, 0.15) is 0 Å². The fraction of sp³-hybridized carbons (Fsp3) is 0.439. The maximum absolute atomic E-state index is 13.7. The second kappa shape index (κ2) is 29.2. The molecule has 0 aromatic heterocycles. The number of hydrogen-bond acceptors (Lipinski definition) is 8. The largest absolute Gasteiger partial charge is 0.350 e. The average Bonchev–Trinajstić information content (AvgIpc) is 3.61. The Labute approximate surface area is 462 Å². The molecule has 1 unspecified atom stereocenters. The lowest BCUT2D eigenvalue weighted by atomic mass is 9.95. The number of hydrogen-bond donors (Lipinski definition) is 6. The Balaban J connectivity index is 0.000000242. The number of halogens is 5. The molecule has 0 saturated carbocycles. The molecule has 6 N–H and O–H groups in total. The van der Waals surface area contributed by atoms with Crippen molar-refractivity contribution in [3.8, 4) is 0 Å². The monoisotopic (exact) mass is 1110 g/mol. The molecule has 74 heavy (non-hydrogen) atoms. The third kappa shape index (κ3) is 18.1. The van der Waals surface area contributed by atoms with E-state index in [1.807, 2.05) is 64.4 Å². The van der Waals surface area contributed by atoms with E-state index in [-0.39, 0.29) is 47.8 Å². The van der Waals surface area contributed by atoms with Crippen LogP contribution in [0.25, 0.3) is 10.8 Å². The summed E-state index contributed by atoms with van der Waals surface area (Å²) in [5.41, 5.74) is 3.19. The van der Waals surface area contributed by atoms with Gasteiger partial charge in [-0.2, -0.15) is 0 Å². The molecule has 0 aliphatic carbocycles. The van der Waals surface area contributed by atoms with Crippen molar-refractivity contribution in [1.29, 1.82) is 0 Å². The molecule has 12 nitrogen and oxygen atoms in total. The number of carbonyl (C=O) groups is 4. The number of benzene rings is 5. The third-order valence-electron chi connectivity index (χ3n) is 13.3. The van der Waals surface area contributed by atoms with Gasteiger partial charge in [-0.25, -0.2) is 0 Å². The van der Waals surface area contributed by atoms with E-state index in [1.54, 1.807) is 24.3 Å². The second-order valence-corrected chi connectivity index (χ2v) is 21.9. The quantitative estimate of drug-likeness (QED) is 0.0452. The number of carbonyl (C=O) groups excluding carboxylic acids is 4. The Morgan fingerprint density at radius 3 is 1.70 bits per heavy atom. The molecule has 7 rings (SSSR count). The third-order valence-corrected chi connectivity index (χ3v) is 14.7. The standard InChI is InChI=1S/C32H41ClN4O2.C25H30Cl4N4O2/c1-4-23(24-8-6-5-7-9-24)21-37-17-15-29(36-30(32(37)39)14-16-34-22(2)3)20-35-31(38)27-11-10-26-19-28(33)13-12-25(26)18-27;1-15(2)30-7-5-23-25(35)33(14-16-9-18(26)12-19(27)10-16)8-6-20(32-23)13-31-24(34)17-3-4-21(28)22(29)11-17/h5-13,18-19,22-23,29-30,34,36H,4,14-17,20-21H2,1-3H3,(H,35,38);3-4,9-12,15,20,23,30,32H,5-8,13-14H2,1-2H3,(H,31,34)/t23?,29-,30-;20-,23-/m00/s1. The van der Waals surface area contributed by atoms with Gasteiger partial charge in [0.25, 0.3) is 11.8 Å². The van der Waals surface area contributed by atoms with Crippen molar-refractivity contribution in [2.45, 2.75) is 115 Å². The van der Waals surface area contributed by atoms with Crippen molar-refractivity contribution < 1.29 is 19.2 Å². The number of fused-ring (bicyclic) bond motifs is 1. The molecular formula is C57H71Cl5N8O4. The van der Waals surface area contributed by atoms with Crippen molar-refractivity contribution in [3.05, 3.63) is 150 Å². The highest BCUT2D eigenvalue weighted by atomic mass is 35.5. The van der Waals surface area contributed by atoms with E-state index in [4.69, 9.17) is 58.0 Å². The summed E-state index contributed by atoms with van der Waals surface area (Å²) in [6.45, 7) is 15.1. The van der Waals surface area contributed by atoms with Crippen molar-refractivity contribution in [2.75, 3.05) is 45.8 Å². The minimum absolute atomic E-state index is 0.00279. The first kappa shape index (κ1) is 58.8. The van der Waals surface area contributed by atoms with E-state index in [0.717, 1.165) is 35.7 Å². The Hall–Kier alpha value is -4.47. The maximum atomic E-state index is 13.7. The molecule has 5 atom stereocenters. The normalized spacial score (nSPS) is 18.7. The van der Waals surface area contributed by atoms with Crippen molar-refractivity contribution >= 4 is 92.4 Å². The van der Waals surface area contributed by atoms with Gasteiger partial charge in [0.15, 0.2) is 0 Å². The summed E-state index contributed by atoms with van der Waals surface area (Å²) in [5.74, 6) is 0.101. The summed E-state index contributed by atoms with van der Waals surface area (Å²) in [6.07, 6.45) is 3.75. The van der Waals surface area contributed by atoms with Gasteiger partial charge in [0, 0.05) is 95.5 Å². The predicted molar refractivity (Wildman–Crippen MR) is 304 cm³/mol. The summed E-state index contributed by atoms with van der Waals surface area (Å²) in [7, 11) is 0. The molecule has 4 amide bonds. The zero-order chi connectivity index (χ0) is 53.3. The molecule has 398 valence electrons. The number of nitrogens with one attached hydrogen (secondary N) is 6. The molecule has 0 spiro atoms. The maximum Gasteiger partial charge on any atom is 0.251 e. The van der Waals surface area contributed by atoms with Crippen LogP contribution in [0.1, 0.15) is 104 Å². The Morgan fingerprint density at radius 2 is 1.14 bits per heavy atom. The van der Waals surface area contributed by atoms with Crippen LogP contribution < -0.4 is 31.9 Å². The molecule has 2 aliphatic rings. The van der Waals surface area contributed by atoms with Gasteiger partial charge in [-0.15, -0.1) is 0 Å². The summed E-state index contributed by atoms with van der Waals surface area (Å²) >= 11 is 30.4. The van der Waals surface area contributed by atoms with E-state index >= 15 is 0 Å². The number of nitrogens with zero attached hydrogens (tertiary/aromatic N) is 2. The van der Waals surface area contributed by atoms with E-state index in [0.29, 0.717) is 119 Å². The van der Waals surface area contributed by atoms with Gasteiger partial charge in [-0.1, -0.05) is 135 Å². The van der Waals surface area contributed by atoms with E-state index < -0.39 is 0 Å². The van der Waals surface area contributed by atoms with Gasteiger partial charge in [-0.05, 0) is 128 Å². The second-order valence-electron chi connectivity index (χ2n) is 19.8. The molecule has 0 radical (unpaired) electrons. The Kier molecular flexibility index (Phi) is 23.2. The topological polar surface area (TPSA) is 147 Å². The van der Waals surface area contributed by atoms with Crippen LogP contribution in [-0.4, -0.2) is 115 Å². The molecule has 2 fully saturated rings. The molecule has 0 bridgehead atoms. The van der Waals surface area contributed by atoms with Crippen LogP contribution in [0.4, 0.5) is 0 Å². The Bertz CT molecular complexity index is 2640. The number of rotatable bonds is 20. The summed E-state index contributed by atoms with van der Waals surface area (Å²) in [4.78, 5) is 56.7. The summed E-state index contributed by atoms with van der Waals surface area (Å²) in [6, 6.07) is 31.8. The highest BCUT2D eigenvalue weighted by Crippen LogP contribution is 2.26. The lowest BCUT2D eigenvalue weighted by Gasteiger charge is -2.29. The first-order chi connectivity index (χ1) is 35.5. The first-order valence-electron chi connectivity index (χ1n) is 25.7. The smallest absolute Gasteiger partial charge is 0.251 e. The molecule has 2 heterocycles. The van der Waals surface area contributed by atoms with Crippen LogP contribution in [0.2, 0.25) is 25.1 Å². The minimum atomic E-state index is -0.384. The summed E-state index contributed by atoms with van der Waals surface area (Å²) < 4.78 is 0. The van der Waals surface area contributed by atoms with Crippen molar-refractivity contribution in [1.82, 2.24) is 41.7 Å². The van der Waals surface area contributed by atoms with E-state index in [1.165, 1.54) is 5.56 Å². The lowest BCUT2D eigenvalue weighted by molar-refractivity contribution is -0.134. The lowest BCUT2D eigenvalue weighted by Crippen LogP contribution is -2.50. The van der Waals surface area contributed by atoms with E-state index in [2.05, 4.69) is 90.8 Å². The molecule has 2 saturated heterocycles. The fourth-order valence-corrected chi connectivity index (χ4v) is 10.3. The van der Waals surface area contributed by atoms with Crippen LogP contribution in [0.5, 0.6) is 0 Å². The zero-order valence-electron chi connectivity index (χ0n) is 43.0. The van der Waals surface area contributed by atoms with Gasteiger partial charge in [0.2, 0.25) is 11.8 Å². The average molecular weight is 1110 g/mol. The molecule has 17 heteroatoms. The van der Waals surface area contributed by atoms with Gasteiger partial charge >= 0.3 is 0 Å². The minimum Gasteiger partial charge on any atom is -0.350 e. The first-order valence-corrected chi connectivity index (χ1v) is 27.6.